The molecule has 0 fully saturated rings. The molecule has 2 amide bonds. The summed E-state index contributed by atoms with van der Waals surface area (Å²) in [5, 5.41) is 7.05. The van der Waals surface area contributed by atoms with Gasteiger partial charge in [0.25, 0.3) is 5.91 Å². The zero-order valence-electron chi connectivity index (χ0n) is 18.8. The van der Waals surface area contributed by atoms with Crippen molar-refractivity contribution in [2.75, 3.05) is 17.6 Å². The Labute approximate surface area is 214 Å². The van der Waals surface area contributed by atoms with Gasteiger partial charge in [-0.25, -0.2) is 0 Å². The number of carbonyl (C=O) groups excluding carboxylic acids is 2. The van der Waals surface area contributed by atoms with Crippen LogP contribution in [0.4, 0.5) is 18.9 Å². The normalized spacial score (nSPS) is 11.4. The third-order valence-corrected chi connectivity index (χ3v) is 6.62. The van der Waals surface area contributed by atoms with E-state index in [0.717, 1.165) is 27.9 Å². The van der Waals surface area contributed by atoms with Crippen LogP contribution in [0.5, 0.6) is 0 Å². The smallest absolute Gasteiger partial charge is 0.350 e. The Bertz CT molecular complexity index is 1390. The van der Waals surface area contributed by atoms with Crippen LogP contribution in [0, 0.1) is 0 Å². The van der Waals surface area contributed by atoms with Gasteiger partial charge in [-0.15, -0.1) is 11.8 Å². The van der Waals surface area contributed by atoms with Crippen LogP contribution < -0.4 is 10.6 Å². The summed E-state index contributed by atoms with van der Waals surface area (Å²) in [5.74, 6) is -0.540. The SMILES string of the molecule is O=C(CSc1cn(CCNC(=O)c2cccc(C(F)(F)F)c2)c2ccccc12)Nc1ccc(Cl)cc1. The minimum absolute atomic E-state index is 0.0508. The van der Waals surface area contributed by atoms with Crippen LogP contribution in [0.2, 0.25) is 5.02 Å². The van der Waals surface area contributed by atoms with E-state index in [1.165, 1.54) is 23.9 Å². The summed E-state index contributed by atoms with van der Waals surface area (Å²) in [6, 6.07) is 18.9. The quantitative estimate of drug-likeness (QED) is 0.256. The zero-order chi connectivity index (χ0) is 25.7. The van der Waals surface area contributed by atoms with E-state index in [1.807, 2.05) is 35.0 Å². The number of benzene rings is 3. The number of nitrogens with zero attached hydrogens (tertiary/aromatic N) is 1. The Morgan fingerprint density at radius 3 is 2.47 bits per heavy atom. The second-order valence-corrected chi connectivity index (χ2v) is 9.34. The minimum Gasteiger partial charge on any atom is -0.350 e. The maximum absolute atomic E-state index is 12.9. The number of alkyl halides is 3. The highest BCUT2D eigenvalue weighted by Crippen LogP contribution is 2.31. The lowest BCUT2D eigenvalue weighted by Crippen LogP contribution is -2.27. The van der Waals surface area contributed by atoms with Crippen molar-refractivity contribution in [2.45, 2.75) is 17.6 Å². The van der Waals surface area contributed by atoms with Crippen LogP contribution in [-0.4, -0.2) is 28.7 Å². The molecule has 3 aromatic carbocycles. The second-order valence-electron chi connectivity index (χ2n) is 7.88. The largest absolute Gasteiger partial charge is 0.416 e. The van der Waals surface area contributed by atoms with Gasteiger partial charge >= 0.3 is 6.18 Å². The molecule has 1 aromatic heterocycles. The standard InChI is InChI=1S/C26H21ClF3N3O2S/c27-19-8-10-20(11-9-19)32-24(34)16-36-23-15-33(22-7-2-1-6-21(22)23)13-12-31-25(35)17-4-3-5-18(14-17)26(28,29)30/h1-11,14-15H,12-13,16H2,(H,31,35)(H,32,34). The number of carbonyl (C=O) groups is 2. The van der Waals surface area contributed by atoms with Gasteiger partial charge in [-0.3, -0.25) is 9.59 Å². The average molecular weight is 532 g/mol. The molecule has 5 nitrogen and oxygen atoms in total. The van der Waals surface area contributed by atoms with Gasteiger partial charge in [-0.2, -0.15) is 13.2 Å². The number of halogens is 4. The number of hydrogen-bond acceptors (Lipinski definition) is 3. The van der Waals surface area contributed by atoms with Gasteiger partial charge in [-0.1, -0.05) is 35.9 Å². The number of fused-ring (bicyclic) bond motifs is 1. The van der Waals surface area contributed by atoms with Crippen molar-refractivity contribution in [3.63, 3.8) is 0 Å². The Morgan fingerprint density at radius 1 is 0.972 bits per heavy atom. The Balaban J connectivity index is 1.38. The van der Waals surface area contributed by atoms with Gasteiger partial charge in [0.2, 0.25) is 5.91 Å². The molecule has 0 bridgehead atoms. The van der Waals surface area contributed by atoms with Crippen LogP contribution in [0.15, 0.2) is 83.9 Å². The summed E-state index contributed by atoms with van der Waals surface area (Å²) < 4.78 is 40.7. The predicted octanol–water partition coefficient (Wildman–Crippen LogP) is 6.47. The summed E-state index contributed by atoms with van der Waals surface area (Å²) in [6.07, 6.45) is -2.61. The second kappa shape index (κ2) is 11.1. The summed E-state index contributed by atoms with van der Waals surface area (Å²) >= 11 is 7.26. The first kappa shape index (κ1) is 25.7. The summed E-state index contributed by atoms with van der Waals surface area (Å²) in [5.41, 5.74) is 0.661. The highest BCUT2D eigenvalue weighted by Gasteiger charge is 2.30. The lowest BCUT2D eigenvalue weighted by Gasteiger charge is -2.10. The molecule has 36 heavy (non-hydrogen) atoms. The highest BCUT2D eigenvalue weighted by atomic mass is 35.5. The van der Waals surface area contributed by atoms with E-state index < -0.39 is 17.6 Å². The van der Waals surface area contributed by atoms with Crippen molar-refractivity contribution in [1.29, 1.82) is 0 Å². The first-order valence-electron chi connectivity index (χ1n) is 10.9. The highest BCUT2D eigenvalue weighted by molar-refractivity contribution is 8.00. The molecule has 0 aliphatic rings. The van der Waals surface area contributed by atoms with Gasteiger partial charge in [0, 0.05) is 51.4 Å². The van der Waals surface area contributed by atoms with Crippen LogP contribution in [0.1, 0.15) is 15.9 Å². The van der Waals surface area contributed by atoms with Crippen LogP contribution in [0.3, 0.4) is 0 Å². The van der Waals surface area contributed by atoms with E-state index in [-0.39, 0.29) is 23.8 Å². The minimum atomic E-state index is -4.51. The molecule has 0 aliphatic carbocycles. The van der Waals surface area contributed by atoms with E-state index in [1.54, 1.807) is 24.3 Å². The predicted molar refractivity (Wildman–Crippen MR) is 137 cm³/mol. The van der Waals surface area contributed by atoms with E-state index in [9.17, 15) is 22.8 Å². The molecular formula is C26H21ClF3N3O2S. The van der Waals surface area contributed by atoms with E-state index >= 15 is 0 Å². The molecule has 0 unspecified atom stereocenters. The molecule has 0 saturated heterocycles. The third-order valence-electron chi connectivity index (χ3n) is 5.33. The summed E-state index contributed by atoms with van der Waals surface area (Å²) in [7, 11) is 0. The number of aromatic nitrogens is 1. The lowest BCUT2D eigenvalue weighted by molar-refractivity contribution is -0.137. The number of amides is 2. The van der Waals surface area contributed by atoms with Gasteiger partial charge in [0.1, 0.15) is 0 Å². The van der Waals surface area contributed by atoms with Crippen LogP contribution in [0.25, 0.3) is 10.9 Å². The van der Waals surface area contributed by atoms with Crippen LogP contribution >= 0.6 is 23.4 Å². The van der Waals surface area contributed by atoms with Crippen molar-refractivity contribution in [2.24, 2.45) is 0 Å². The van der Waals surface area contributed by atoms with Gasteiger partial charge in [0.15, 0.2) is 0 Å². The molecule has 4 aromatic rings. The molecule has 4 rings (SSSR count). The van der Waals surface area contributed by atoms with E-state index in [4.69, 9.17) is 11.6 Å². The topological polar surface area (TPSA) is 63.1 Å². The number of para-hydroxylation sites is 1. The first-order chi connectivity index (χ1) is 17.2. The molecule has 2 N–H and O–H groups in total. The van der Waals surface area contributed by atoms with Crippen LogP contribution in [-0.2, 0) is 17.5 Å². The fourth-order valence-electron chi connectivity index (χ4n) is 3.62. The van der Waals surface area contributed by atoms with E-state index in [2.05, 4.69) is 10.6 Å². The van der Waals surface area contributed by atoms with Gasteiger partial charge in [0.05, 0.1) is 11.3 Å². The van der Waals surface area contributed by atoms with Crippen molar-refractivity contribution >= 4 is 51.8 Å². The Kier molecular flexibility index (Phi) is 7.91. The summed E-state index contributed by atoms with van der Waals surface area (Å²) in [6.45, 7) is 0.623. The third kappa shape index (κ3) is 6.41. The number of anilines is 1. The molecule has 10 heteroatoms. The molecule has 0 saturated carbocycles. The molecule has 0 atom stereocenters. The van der Waals surface area contributed by atoms with Crippen molar-refractivity contribution in [3.05, 3.63) is 95.1 Å². The van der Waals surface area contributed by atoms with Gasteiger partial charge in [-0.05, 0) is 48.5 Å². The molecule has 1 heterocycles. The van der Waals surface area contributed by atoms with Crippen molar-refractivity contribution < 1.29 is 22.8 Å². The molecule has 0 spiro atoms. The van der Waals surface area contributed by atoms with Gasteiger partial charge < -0.3 is 15.2 Å². The monoisotopic (exact) mass is 531 g/mol. The maximum Gasteiger partial charge on any atom is 0.416 e. The molecule has 0 radical (unpaired) electrons. The fourth-order valence-corrected chi connectivity index (χ4v) is 4.63. The van der Waals surface area contributed by atoms with Crippen molar-refractivity contribution in [3.8, 4) is 0 Å². The Morgan fingerprint density at radius 2 is 1.72 bits per heavy atom. The number of nitrogens with one attached hydrogen (secondary N) is 2. The Hall–Kier alpha value is -3.43. The average Bonchev–Trinajstić information content (AvgIpc) is 3.21. The molecule has 0 aliphatic heterocycles. The number of rotatable bonds is 8. The first-order valence-corrected chi connectivity index (χ1v) is 12.3. The fraction of sp³-hybridized carbons (Fsp3) is 0.154. The molecule has 186 valence electrons. The molecular weight excluding hydrogens is 511 g/mol. The summed E-state index contributed by atoms with van der Waals surface area (Å²) in [4.78, 5) is 25.7. The number of hydrogen-bond donors (Lipinski definition) is 2. The maximum atomic E-state index is 12.9. The van der Waals surface area contributed by atoms with E-state index in [0.29, 0.717) is 17.3 Å². The zero-order valence-corrected chi connectivity index (χ0v) is 20.4. The lowest BCUT2D eigenvalue weighted by atomic mass is 10.1. The number of thioether (sulfide) groups is 1. The van der Waals surface area contributed by atoms with Crippen molar-refractivity contribution in [1.82, 2.24) is 9.88 Å².